The van der Waals surface area contributed by atoms with Gasteiger partial charge in [-0.1, -0.05) is 24.3 Å². The minimum absolute atomic E-state index is 0. The second-order valence-electron chi connectivity index (χ2n) is 6.40. The first-order valence-electron chi connectivity index (χ1n) is 8.92. The zero-order chi connectivity index (χ0) is 17.4. The third-order valence-electron chi connectivity index (χ3n) is 4.66. The van der Waals surface area contributed by atoms with Crippen LogP contribution in [0.3, 0.4) is 0 Å². The Bertz CT molecular complexity index is 568. The highest BCUT2D eigenvalue weighted by Crippen LogP contribution is 2.20. The molecule has 1 aliphatic heterocycles. The van der Waals surface area contributed by atoms with Gasteiger partial charge in [-0.2, -0.15) is 0 Å². The number of nitrogens with one attached hydrogen (secondary N) is 2. The van der Waals surface area contributed by atoms with Crippen molar-refractivity contribution in [3.05, 3.63) is 35.4 Å². The Balaban J connectivity index is 0.00000312. The molecule has 5 nitrogen and oxygen atoms in total. The molecule has 140 valence electrons. The fourth-order valence-corrected chi connectivity index (χ4v) is 3.09. The average molecular weight is 458 g/mol. The van der Waals surface area contributed by atoms with E-state index < -0.39 is 0 Å². The lowest BCUT2D eigenvalue weighted by molar-refractivity contribution is -0.121. The van der Waals surface area contributed by atoms with Crippen LogP contribution in [-0.4, -0.2) is 43.4 Å². The first kappa shape index (κ1) is 21.7. The molecule has 0 aromatic heterocycles. The van der Waals surface area contributed by atoms with Crippen LogP contribution in [0.15, 0.2) is 29.3 Å². The van der Waals surface area contributed by atoms with Gasteiger partial charge < -0.3 is 15.5 Å². The lowest BCUT2D eigenvalue weighted by Gasteiger charge is -2.34. The van der Waals surface area contributed by atoms with Crippen molar-refractivity contribution in [1.82, 2.24) is 15.5 Å². The third kappa shape index (κ3) is 6.84. The van der Waals surface area contributed by atoms with E-state index in [0.29, 0.717) is 18.9 Å². The number of carbonyl (C=O) groups is 1. The minimum Gasteiger partial charge on any atom is -0.359 e. The minimum atomic E-state index is 0. The lowest BCUT2D eigenvalue weighted by atomic mass is 9.93. The molecule has 1 saturated heterocycles. The van der Waals surface area contributed by atoms with Crippen molar-refractivity contribution in [2.24, 2.45) is 10.9 Å². The lowest BCUT2D eigenvalue weighted by Crippen LogP contribution is -2.46. The van der Waals surface area contributed by atoms with Crippen LogP contribution < -0.4 is 10.6 Å². The molecule has 2 rings (SSSR count). The number of hydrogen-bond acceptors (Lipinski definition) is 2. The summed E-state index contributed by atoms with van der Waals surface area (Å²) in [6.07, 6.45) is 2.73. The van der Waals surface area contributed by atoms with E-state index in [1.165, 1.54) is 11.1 Å². The van der Waals surface area contributed by atoms with E-state index in [0.717, 1.165) is 38.4 Å². The standard InChI is InChI=1S/C19H30N4O.HI/c1-4-21-19(22-14-17-8-6-5-7-15(17)2)23-11-9-16(10-12-23)13-18(24)20-3;/h5-8,16H,4,9-14H2,1-3H3,(H,20,24)(H,21,22);1H. The number of benzene rings is 1. The molecule has 1 aliphatic rings. The number of aryl methyl sites for hydroxylation is 1. The molecule has 2 N–H and O–H groups in total. The van der Waals surface area contributed by atoms with Crippen molar-refractivity contribution in [3.8, 4) is 0 Å². The van der Waals surface area contributed by atoms with Crippen molar-refractivity contribution >= 4 is 35.8 Å². The molecule has 6 heteroatoms. The Morgan fingerprint density at radius 3 is 2.56 bits per heavy atom. The topological polar surface area (TPSA) is 56.7 Å². The molecule has 1 heterocycles. The summed E-state index contributed by atoms with van der Waals surface area (Å²) in [6, 6.07) is 8.39. The summed E-state index contributed by atoms with van der Waals surface area (Å²) in [6.45, 7) is 7.71. The van der Waals surface area contributed by atoms with Crippen molar-refractivity contribution in [2.75, 3.05) is 26.7 Å². The highest BCUT2D eigenvalue weighted by atomic mass is 127. The largest absolute Gasteiger partial charge is 0.359 e. The smallest absolute Gasteiger partial charge is 0.220 e. The van der Waals surface area contributed by atoms with Crippen molar-refractivity contribution in [1.29, 1.82) is 0 Å². The molecule has 0 spiro atoms. The summed E-state index contributed by atoms with van der Waals surface area (Å²) in [5.41, 5.74) is 2.55. The van der Waals surface area contributed by atoms with E-state index >= 15 is 0 Å². The number of piperidine rings is 1. The maximum atomic E-state index is 11.5. The first-order chi connectivity index (χ1) is 11.6. The monoisotopic (exact) mass is 458 g/mol. The second-order valence-corrected chi connectivity index (χ2v) is 6.40. The molecular formula is C19H31IN4O. The van der Waals surface area contributed by atoms with Crippen LogP contribution in [0.2, 0.25) is 0 Å². The van der Waals surface area contributed by atoms with E-state index in [1.807, 2.05) is 0 Å². The molecule has 1 amide bonds. The molecule has 25 heavy (non-hydrogen) atoms. The van der Waals surface area contributed by atoms with Gasteiger partial charge in [0.05, 0.1) is 6.54 Å². The third-order valence-corrected chi connectivity index (χ3v) is 4.66. The number of amides is 1. The van der Waals surface area contributed by atoms with Gasteiger partial charge in [0, 0.05) is 33.1 Å². The molecule has 1 aromatic rings. The number of aliphatic imine (C=N–C) groups is 1. The van der Waals surface area contributed by atoms with Crippen LogP contribution in [0.25, 0.3) is 0 Å². The zero-order valence-corrected chi connectivity index (χ0v) is 17.9. The predicted octanol–water partition coefficient (Wildman–Crippen LogP) is 2.93. The highest BCUT2D eigenvalue weighted by Gasteiger charge is 2.23. The van der Waals surface area contributed by atoms with E-state index in [1.54, 1.807) is 7.05 Å². The van der Waals surface area contributed by atoms with E-state index in [4.69, 9.17) is 4.99 Å². The summed E-state index contributed by atoms with van der Waals surface area (Å²) in [5, 5.41) is 6.13. The Kier molecular flexibility index (Phi) is 9.85. The predicted molar refractivity (Wildman–Crippen MR) is 114 cm³/mol. The number of nitrogens with zero attached hydrogens (tertiary/aromatic N) is 2. The van der Waals surface area contributed by atoms with Gasteiger partial charge in [0.25, 0.3) is 0 Å². The average Bonchev–Trinajstić information content (AvgIpc) is 2.60. The van der Waals surface area contributed by atoms with Crippen LogP contribution in [0, 0.1) is 12.8 Å². The second kappa shape index (κ2) is 11.3. The Morgan fingerprint density at radius 2 is 1.96 bits per heavy atom. The summed E-state index contributed by atoms with van der Waals surface area (Å²) in [4.78, 5) is 18.7. The van der Waals surface area contributed by atoms with Crippen molar-refractivity contribution in [3.63, 3.8) is 0 Å². The summed E-state index contributed by atoms with van der Waals surface area (Å²) >= 11 is 0. The van der Waals surface area contributed by atoms with Crippen LogP contribution in [0.4, 0.5) is 0 Å². The van der Waals surface area contributed by atoms with Crippen LogP contribution in [0.5, 0.6) is 0 Å². The van der Waals surface area contributed by atoms with Gasteiger partial charge in [-0.3, -0.25) is 4.79 Å². The van der Waals surface area contributed by atoms with Crippen LogP contribution in [-0.2, 0) is 11.3 Å². The van der Waals surface area contributed by atoms with Gasteiger partial charge in [0.1, 0.15) is 0 Å². The van der Waals surface area contributed by atoms with Gasteiger partial charge in [0.2, 0.25) is 5.91 Å². The summed E-state index contributed by atoms with van der Waals surface area (Å²) in [5.74, 6) is 1.62. The van der Waals surface area contributed by atoms with Gasteiger partial charge >= 0.3 is 0 Å². The van der Waals surface area contributed by atoms with E-state index in [9.17, 15) is 4.79 Å². The van der Waals surface area contributed by atoms with Crippen LogP contribution >= 0.6 is 24.0 Å². The number of halogens is 1. The Hall–Kier alpha value is -1.31. The SMILES string of the molecule is CCNC(=NCc1ccccc1C)N1CCC(CC(=O)NC)CC1.I. The fraction of sp³-hybridized carbons (Fsp3) is 0.579. The van der Waals surface area contributed by atoms with E-state index in [-0.39, 0.29) is 29.9 Å². The van der Waals surface area contributed by atoms with Gasteiger partial charge in [-0.25, -0.2) is 4.99 Å². The van der Waals surface area contributed by atoms with E-state index in [2.05, 4.69) is 53.6 Å². The van der Waals surface area contributed by atoms with Crippen LogP contribution in [0.1, 0.15) is 37.3 Å². The zero-order valence-electron chi connectivity index (χ0n) is 15.5. The molecule has 0 radical (unpaired) electrons. The maximum absolute atomic E-state index is 11.5. The first-order valence-corrected chi connectivity index (χ1v) is 8.92. The molecule has 0 aliphatic carbocycles. The number of guanidine groups is 1. The molecule has 1 aromatic carbocycles. The quantitative estimate of drug-likeness (QED) is 0.406. The summed E-state index contributed by atoms with van der Waals surface area (Å²) in [7, 11) is 1.71. The molecule has 1 fully saturated rings. The molecule has 0 bridgehead atoms. The van der Waals surface area contributed by atoms with Crippen molar-refractivity contribution < 1.29 is 4.79 Å². The number of rotatable bonds is 5. The van der Waals surface area contributed by atoms with Gasteiger partial charge in [-0.05, 0) is 43.7 Å². The fourth-order valence-electron chi connectivity index (χ4n) is 3.09. The number of hydrogen-bond donors (Lipinski definition) is 2. The van der Waals surface area contributed by atoms with Gasteiger partial charge in [0.15, 0.2) is 5.96 Å². The Morgan fingerprint density at radius 1 is 1.28 bits per heavy atom. The Labute approximate surface area is 168 Å². The highest BCUT2D eigenvalue weighted by molar-refractivity contribution is 14.0. The van der Waals surface area contributed by atoms with Gasteiger partial charge in [-0.15, -0.1) is 24.0 Å². The molecule has 0 saturated carbocycles. The van der Waals surface area contributed by atoms with Crippen molar-refractivity contribution in [2.45, 2.75) is 39.7 Å². The maximum Gasteiger partial charge on any atom is 0.220 e. The number of likely N-dealkylation sites (tertiary alicyclic amines) is 1. The normalized spacial score (nSPS) is 15.5. The summed E-state index contributed by atoms with van der Waals surface area (Å²) < 4.78 is 0. The molecular weight excluding hydrogens is 427 g/mol. The molecule has 0 atom stereocenters. The number of carbonyl (C=O) groups excluding carboxylic acids is 1. The molecule has 0 unspecified atom stereocenters.